The van der Waals surface area contributed by atoms with Crippen LogP contribution in [0.3, 0.4) is 0 Å². The number of halogens is 1. The van der Waals surface area contributed by atoms with Gasteiger partial charge in [0.15, 0.2) is 5.96 Å². The molecule has 2 rings (SSSR count). The zero-order valence-electron chi connectivity index (χ0n) is 16.9. The van der Waals surface area contributed by atoms with Gasteiger partial charge in [-0.3, -0.25) is 4.99 Å². The van der Waals surface area contributed by atoms with Gasteiger partial charge in [-0.2, -0.15) is 4.31 Å². The highest BCUT2D eigenvalue weighted by Gasteiger charge is 2.25. The predicted molar refractivity (Wildman–Crippen MR) is 121 cm³/mol. The maximum atomic E-state index is 12.4. The molecule has 0 bridgehead atoms. The molecule has 0 amide bonds. The average Bonchev–Trinajstić information content (AvgIpc) is 2.63. The summed E-state index contributed by atoms with van der Waals surface area (Å²) in [5.74, 6) is 2.36. The van der Waals surface area contributed by atoms with Crippen LogP contribution in [0.1, 0.15) is 46.5 Å². The zero-order valence-corrected chi connectivity index (χ0v) is 20.1. The van der Waals surface area contributed by atoms with E-state index in [-0.39, 0.29) is 36.3 Å². The minimum atomic E-state index is -3.25. The standard InChI is InChI=1S/C18H36N4O3S.HI/c1-4-19-18(21-17-7-5-16(6-8-17)15(2)3)20-9-14-26(23,24)22-10-12-25-13-11-22;/h15-17H,4-14H2,1-3H3,(H2,19,20,21);1H. The first-order valence-electron chi connectivity index (χ1n) is 10.0. The van der Waals surface area contributed by atoms with E-state index in [2.05, 4.69) is 29.5 Å². The first-order chi connectivity index (χ1) is 12.4. The highest BCUT2D eigenvalue weighted by Crippen LogP contribution is 2.29. The number of sulfonamides is 1. The van der Waals surface area contributed by atoms with E-state index in [9.17, 15) is 8.42 Å². The first kappa shape index (κ1) is 24.9. The highest BCUT2D eigenvalue weighted by atomic mass is 127. The molecule has 0 aromatic rings. The number of rotatable bonds is 7. The molecule has 0 unspecified atom stereocenters. The molecule has 1 aliphatic heterocycles. The van der Waals surface area contributed by atoms with Crippen LogP contribution in [-0.2, 0) is 14.8 Å². The Morgan fingerprint density at radius 2 is 1.81 bits per heavy atom. The fraction of sp³-hybridized carbons (Fsp3) is 0.944. The number of aliphatic imine (C=N–C) groups is 1. The maximum Gasteiger partial charge on any atom is 0.216 e. The van der Waals surface area contributed by atoms with Crippen LogP contribution in [0.2, 0.25) is 0 Å². The van der Waals surface area contributed by atoms with E-state index in [1.54, 1.807) is 0 Å². The Kier molecular flexibility index (Phi) is 11.5. The van der Waals surface area contributed by atoms with Gasteiger partial charge in [0.1, 0.15) is 0 Å². The van der Waals surface area contributed by atoms with Gasteiger partial charge in [0.2, 0.25) is 10.0 Å². The van der Waals surface area contributed by atoms with Crippen molar-refractivity contribution in [3.05, 3.63) is 0 Å². The summed E-state index contributed by atoms with van der Waals surface area (Å²) < 4.78 is 31.5. The van der Waals surface area contributed by atoms with Crippen LogP contribution in [0.5, 0.6) is 0 Å². The third-order valence-electron chi connectivity index (χ3n) is 5.38. The molecule has 27 heavy (non-hydrogen) atoms. The molecule has 160 valence electrons. The van der Waals surface area contributed by atoms with Crippen molar-refractivity contribution in [3.63, 3.8) is 0 Å². The summed E-state index contributed by atoms with van der Waals surface area (Å²) in [7, 11) is -3.25. The van der Waals surface area contributed by atoms with Gasteiger partial charge in [0, 0.05) is 25.7 Å². The lowest BCUT2D eigenvalue weighted by atomic mass is 9.80. The first-order valence-corrected chi connectivity index (χ1v) is 11.6. The Morgan fingerprint density at radius 1 is 1.19 bits per heavy atom. The molecule has 1 saturated heterocycles. The quantitative estimate of drug-likeness (QED) is 0.308. The predicted octanol–water partition coefficient (Wildman–Crippen LogP) is 2.04. The second kappa shape index (κ2) is 12.4. The van der Waals surface area contributed by atoms with Crippen molar-refractivity contribution in [3.8, 4) is 0 Å². The monoisotopic (exact) mass is 516 g/mol. The minimum absolute atomic E-state index is 0. The van der Waals surface area contributed by atoms with Gasteiger partial charge in [-0.25, -0.2) is 8.42 Å². The molecule has 2 fully saturated rings. The summed E-state index contributed by atoms with van der Waals surface area (Å²) in [6, 6.07) is 0.429. The summed E-state index contributed by atoms with van der Waals surface area (Å²) in [6.07, 6.45) is 4.80. The summed E-state index contributed by atoms with van der Waals surface area (Å²) in [5.41, 5.74) is 0. The summed E-state index contributed by atoms with van der Waals surface area (Å²) >= 11 is 0. The van der Waals surface area contributed by atoms with Crippen LogP contribution in [0.25, 0.3) is 0 Å². The normalized spacial score (nSPS) is 25.1. The average molecular weight is 516 g/mol. The topological polar surface area (TPSA) is 83.0 Å². The van der Waals surface area contributed by atoms with E-state index in [1.807, 2.05) is 6.92 Å². The number of nitrogens with one attached hydrogen (secondary N) is 2. The Balaban J connectivity index is 0.00000364. The van der Waals surface area contributed by atoms with Crippen LogP contribution >= 0.6 is 24.0 Å². The van der Waals surface area contributed by atoms with Crippen molar-refractivity contribution in [2.75, 3.05) is 45.1 Å². The van der Waals surface area contributed by atoms with Crippen molar-refractivity contribution in [1.29, 1.82) is 0 Å². The van der Waals surface area contributed by atoms with Gasteiger partial charge in [-0.1, -0.05) is 13.8 Å². The Labute approximate surface area is 182 Å². The van der Waals surface area contributed by atoms with Gasteiger partial charge in [0.05, 0.1) is 25.5 Å². The molecule has 0 radical (unpaired) electrons. The molecular weight excluding hydrogens is 479 g/mol. The number of guanidine groups is 1. The highest BCUT2D eigenvalue weighted by molar-refractivity contribution is 14.0. The van der Waals surface area contributed by atoms with Crippen LogP contribution in [0.4, 0.5) is 0 Å². The molecule has 1 saturated carbocycles. The van der Waals surface area contributed by atoms with E-state index in [0.717, 1.165) is 37.2 Å². The number of ether oxygens (including phenoxy) is 1. The van der Waals surface area contributed by atoms with Crippen LogP contribution in [0.15, 0.2) is 4.99 Å². The van der Waals surface area contributed by atoms with E-state index < -0.39 is 10.0 Å². The van der Waals surface area contributed by atoms with Crippen LogP contribution < -0.4 is 10.6 Å². The number of hydrogen-bond acceptors (Lipinski definition) is 4. The molecule has 0 aromatic heterocycles. The molecule has 7 nitrogen and oxygen atoms in total. The number of morpholine rings is 1. The van der Waals surface area contributed by atoms with Gasteiger partial charge in [-0.05, 0) is 44.4 Å². The fourth-order valence-electron chi connectivity index (χ4n) is 3.67. The van der Waals surface area contributed by atoms with Crippen LogP contribution in [0, 0.1) is 11.8 Å². The van der Waals surface area contributed by atoms with Crippen molar-refractivity contribution >= 4 is 40.0 Å². The van der Waals surface area contributed by atoms with E-state index in [1.165, 1.54) is 17.1 Å². The SMILES string of the molecule is CCNC(=NCCS(=O)(=O)N1CCOCC1)NC1CCC(C(C)C)CC1.I. The maximum absolute atomic E-state index is 12.4. The summed E-state index contributed by atoms with van der Waals surface area (Å²) in [4.78, 5) is 4.50. The number of hydrogen-bond donors (Lipinski definition) is 2. The summed E-state index contributed by atoms with van der Waals surface area (Å²) in [5, 5.41) is 6.73. The van der Waals surface area contributed by atoms with Crippen molar-refractivity contribution in [2.45, 2.75) is 52.5 Å². The molecule has 2 N–H and O–H groups in total. The second-order valence-corrected chi connectivity index (χ2v) is 9.68. The summed E-state index contributed by atoms with van der Waals surface area (Å²) in [6.45, 7) is 9.53. The molecule has 0 atom stereocenters. The number of nitrogens with zero attached hydrogens (tertiary/aromatic N) is 2. The Hall–Kier alpha value is -0.130. The van der Waals surface area contributed by atoms with Gasteiger partial charge in [-0.15, -0.1) is 24.0 Å². The minimum Gasteiger partial charge on any atom is -0.379 e. The fourth-order valence-corrected chi connectivity index (χ4v) is 4.96. The lowest BCUT2D eigenvalue weighted by Gasteiger charge is -2.32. The third kappa shape index (κ3) is 8.41. The smallest absolute Gasteiger partial charge is 0.216 e. The van der Waals surface area contributed by atoms with E-state index in [4.69, 9.17) is 4.74 Å². The Bertz CT molecular complexity index is 543. The molecule has 0 spiro atoms. The van der Waals surface area contributed by atoms with E-state index >= 15 is 0 Å². The molecule has 0 aromatic carbocycles. The molecule has 1 heterocycles. The van der Waals surface area contributed by atoms with Gasteiger partial charge in [0.25, 0.3) is 0 Å². The van der Waals surface area contributed by atoms with Crippen LogP contribution in [-0.4, -0.2) is 69.9 Å². The van der Waals surface area contributed by atoms with Gasteiger partial charge >= 0.3 is 0 Å². The lowest BCUT2D eigenvalue weighted by molar-refractivity contribution is 0.0731. The van der Waals surface area contributed by atoms with Crippen molar-refractivity contribution < 1.29 is 13.2 Å². The molecular formula is C18H37IN4O3S. The van der Waals surface area contributed by atoms with Crippen molar-refractivity contribution in [1.82, 2.24) is 14.9 Å². The zero-order chi connectivity index (χ0) is 19.0. The van der Waals surface area contributed by atoms with E-state index in [0.29, 0.717) is 32.3 Å². The largest absolute Gasteiger partial charge is 0.379 e. The molecule has 2 aliphatic rings. The molecule has 1 aliphatic carbocycles. The Morgan fingerprint density at radius 3 is 2.37 bits per heavy atom. The van der Waals surface area contributed by atoms with Gasteiger partial charge < -0.3 is 15.4 Å². The second-order valence-electron chi connectivity index (χ2n) is 7.59. The van der Waals surface area contributed by atoms with Crippen molar-refractivity contribution in [2.24, 2.45) is 16.8 Å². The molecule has 9 heteroatoms. The third-order valence-corrected chi connectivity index (χ3v) is 7.23. The lowest BCUT2D eigenvalue weighted by Crippen LogP contribution is -2.45.